The van der Waals surface area contributed by atoms with E-state index in [0.717, 1.165) is 61.8 Å². The third kappa shape index (κ3) is 6.28. The smallest absolute Gasteiger partial charge is 0.137 e. The van der Waals surface area contributed by atoms with Gasteiger partial charge in [0, 0.05) is 57.3 Å². The van der Waals surface area contributed by atoms with Crippen LogP contribution in [-0.2, 0) is 10.8 Å². The zero-order valence-corrected chi connectivity index (χ0v) is 36.1. The second kappa shape index (κ2) is 14.1. The van der Waals surface area contributed by atoms with Crippen molar-refractivity contribution < 1.29 is 4.74 Å². The molecule has 0 N–H and O–H groups in total. The average molecular weight is 808 g/mol. The van der Waals surface area contributed by atoms with Gasteiger partial charge in [-0.2, -0.15) is 0 Å². The molecule has 0 fully saturated rings. The Hall–Kier alpha value is -7.31. The van der Waals surface area contributed by atoms with Crippen LogP contribution in [-0.4, -0.2) is 20.8 Å². The Morgan fingerprint density at radius 2 is 0.968 bits per heavy atom. The molecule has 4 heterocycles. The van der Waals surface area contributed by atoms with Crippen LogP contribution in [0.15, 0.2) is 176 Å². The number of anilines is 4. The fraction of sp³-hybridized carbons (Fsp3) is 0.161. The van der Waals surface area contributed by atoms with E-state index in [1.54, 1.807) is 0 Å². The van der Waals surface area contributed by atoms with Crippen LogP contribution in [0.25, 0.3) is 55.1 Å². The van der Waals surface area contributed by atoms with E-state index in [2.05, 4.69) is 230 Å². The highest BCUT2D eigenvalue weighted by atomic mass is 16.5. The molecular weight excluding hydrogens is 759 g/mol. The molecule has 7 aromatic carbocycles. The molecule has 0 atom stereocenters. The van der Waals surface area contributed by atoms with Crippen molar-refractivity contribution in [2.45, 2.75) is 52.4 Å². The summed E-state index contributed by atoms with van der Waals surface area (Å²) in [5.74, 6) is 2.39. The molecule has 0 radical (unpaired) electrons. The van der Waals surface area contributed by atoms with Gasteiger partial charge in [0.2, 0.25) is 0 Å². The molecule has 0 unspecified atom stereocenters. The lowest BCUT2D eigenvalue weighted by atomic mass is 9.87. The van der Waals surface area contributed by atoms with Crippen molar-refractivity contribution in [1.29, 1.82) is 0 Å². The molecule has 10 aromatic rings. The summed E-state index contributed by atoms with van der Waals surface area (Å²) in [5, 5.41) is 4.77. The minimum atomic E-state index is -0.0207. The van der Waals surface area contributed by atoms with Crippen molar-refractivity contribution in [3.8, 4) is 23.0 Å². The predicted molar refractivity (Wildman–Crippen MR) is 259 cm³/mol. The lowest BCUT2D eigenvalue weighted by molar-refractivity contribution is 0.483. The van der Waals surface area contributed by atoms with Crippen LogP contribution in [0.5, 0.6) is 11.5 Å². The van der Waals surface area contributed by atoms with Gasteiger partial charge in [0.15, 0.2) is 0 Å². The van der Waals surface area contributed by atoms with Crippen molar-refractivity contribution in [3.05, 3.63) is 187 Å². The fourth-order valence-electron chi connectivity index (χ4n) is 9.31. The van der Waals surface area contributed by atoms with Crippen molar-refractivity contribution in [2.75, 3.05) is 16.5 Å². The predicted octanol–water partition coefficient (Wildman–Crippen LogP) is 14.9. The van der Waals surface area contributed by atoms with E-state index in [1.165, 1.54) is 38.7 Å². The van der Waals surface area contributed by atoms with E-state index in [9.17, 15) is 0 Å². The lowest BCUT2D eigenvalue weighted by Gasteiger charge is -2.25. The number of para-hydroxylation sites is 5. The van der Waals surface area contributed by atoms with Crippen LogP contribution >= 0.6 is 0 Å². The van der Waals surface area contributed by atoms with Gasteiger partial charge in [-0.3, -0.25) is 4.57 Å². The van der Waals surface area contributed by atoms with E-state index in [-0.39, 0.29) is 10.8 Å². The van der Waals surface area contributed by atoms with E-state index < -0.39 is 0 Å². The average Bonchev–Trinajstić information content (AvgIpc) is 3.94. The molecule has 0 saturated heterocycles. The van der Waals surface area contributed by atoms with Gasteiger partial charge in [-0.15, -0.1) is 0 Å². The maximum absolute atomic E-state index is 7.08. The van der Waals surface area contributed by atoms with E-state index in [1.807, 2.05) is 6.20 Å². The number of pyridine rings is 1. The molecule has 304 valence electrons. The number of ether oxygens (including phenoxy) is 1. The van der Waals surface area contributed by atoms with Gasteiger partial charge in [-0.05, 0) is 94.8 Å². The quantitative estimate of drug-likeness (QED) is 0.168. The second-order valence-electron chi connectivity index (χ2n) is 18.6. The maximum Gasteiger partial charge on any atom is 0.137 e. The molecule has 11 rings (SSSR count). The van der Waals surface area contributed by atoms with E-state index in [4.69, 9.17) is 9.72 Å². The highest BCUT2D eigenvalue weighted by Gasteiger charge is 2.30. The van der Waals surface area contributed by atoms with Crippen LogP contribution in [0.4, 0.5) is 22.7 Å². The Balaban J connectivity index is 1.08. The number of nitrogens with zero attached hydrogens (tertiary/aromatic N) is 5. The molecule has 3 aromatic heterocycles. The summed E-state index contributed by atoms with van der Waals surface area (Å²) in [6.07, 6.45) is 1.93. The monoisotopic (exact) mass is 807 g/mol. The first-order valence-electron chi connectivity index (χ1n) is 21.6. The van der Waals surface area contributed by atoms with E-state index in [0.29, 0.717) is 6.67 Å². The number of aromatic nitrogens is 3. The first-order valence-corrected chi connectivity index (χ1v) is 21.6. The summed E-state index contributed by atoms with van der Waals surface area (Å²) in [6, 6.07) is 61.1. The molecule has 1 aliphatic rings. The molecule has 0 bridgehead atoms. The highest BCUT2D eigenvalue weighted by molar-refractivity contribution is 6.10. The van der Waals surface area contributed by atoms with Gasteiger partial charge in [-0.25, -0.2) is 4.98 Å². The summed E-state index contributed by atoms with van der Waals surface area (Å²) in [7, 11) is 0. The van der Waals surface area contributed by atoms with Gasteiger partial charge in [0.05, 0.1) is 39.1 Å². The number of hydrogen-bond donors (Lipinski definition) is 0. The number of fused-ring (bicyclic) bond motifs is 7. The van der Waals surface area contributed by atoms with Gasteiger partial charge in [-0.1, -0.05) is 120 Å². The van der Waals surface area contributed by atoms with Crippen molar-refractivity contribution in [3.63, 3.8) is 0 Å². The summed E-state index contributed by atoms with van der Waals surface area (Å²) in [4.78, 5) is 9.77. The first-order chi connectivity index (χ1) is 30.0. The topological polar surface area (TPSA) is 38.5 Å². The van der Waals surface area contributed by atoms with Gasteiger partial charge in [0.25, 0.3) is 0 Å². The Morgan fingerprint density at radius 3 is 1.61 bits per heavy atom. The Kier molecular flexibility index (Phi) is 8.59. The Morgan fingerprint density at radius 1 is 0.419 bits per heavy atom. The minimum absolute atomic E-state index is 0.0207. The third-order valence-corrected chi connectivity index (χ3v) is 12.5. The largest absolute Gasteiger partial charge is 0.457 e. The zero-order valence-electron chi connectivity index (χ0n) is 36.1. The van der Waals surface area contributed by atoms with Crippen LogP contribution < -0.4 is 14.5 Å². The van der Waals surface area contributed by atoms with Crippen molar-refractivity contribution in [2.24, 2.45) is 0 Å². The molecule has 0 saturated carbocycles. The number of rotatable bonds is 6. The van der Waals surface area contributed by atoms with Gasteiger partial charge in [0.1, 0.15) is 24.0 Å². The van der Waals surface area contributed by atoms with Crippen LogP contribution in [0, 0.1) is 0 Å². The molecule has 0 amide bonds. The Bertz CT molecular complexity index is 3310. The van der Waals surface area contributed by atoms with Crippen LogP contribution in [0.1, 0.15) is 52.7 Å². The highest BCUT2D eigenvalue weighted by Crippen LogP contribution is 2.47. The molecule has 0 spiro atoms. The Labute approximate surface area is 362 Å². The summed E-state index contributed by atoms with van der Waals surface area (Å²) in [6.45, 7) is 14.2. The van der Waals surface area contributed by atoms with Gasteiger partial charge < -0.3 is 19.1 Å². The zero-order chi connectivity index (χ0) is 42.3. The molecule has 1 aliphatic heterocycles. The second-order valence-corrected chi connectivity index (χ2v) is 18.6. The SMILES string of the molecule is CC(C)(C)c1cccc(N2CN(c3cc(Oc4ccc5c6ccccc6n(-c6cc(C(C)(C)C)ccn6)c5c4)cc(-n4c5ccccc5c5ccccc54)c3)c3ccccc32)c1. The minimum Gasteiger partial charge on any atom is -0.457 e. The summed E-state index contributed by atoms with van der Waals surface area (Å²) in [5.41, 5.74) is 12.6. The van der Waals surface area contributed by atoms with Crippen molar-refractivity contribution >= 4 is 66.4 Å². The van der Waals surface area contributed by atoms with Gasteiger partial charge >= 0.3 is 0 Å². The first kappa shape index (κ1) is 37.7. The van der Waals surface area contributed by atoms with Crippen LogP contribution in [0.3, 0.4) is 0 Å². The number of benzene rings is 7. The molecule has 6 nitrogen and oxygen atoms in total. The van der Waals surface area contributed by atoms with Crippen LogP contribution in [0.2, 0.25) is 0 Å². The lowest BCUT2D eigenvalue weighted by Crippen LogP contribution is -2.24. The number of hydrogen-bond acceptors (Lipinski definition) is 4. The maximum atomic E-state index is 7.08. The fourth-order valence-corrected chi connectivity index (χ4v) is 9.31. The molecule has 62 heavy (non-hydrogen) atoms. The molecule has 0 aliphatic carbocycles. The van der Waals surface area contributed by atoms with Crippen molar-refractivity contribution in [1.82, 2.24) is 14.1 Å². The molecular formula is C56H49N5O. The third-order valence-electron chi connectivity index (χ3n) is 12.5. The molecule has 6 heteroatoms. The standard InChI is InChI=1S/C56H49N5O/c1-55(2,3)37-16-15-17-39(30-37)58-36-59(52-25-14-13-24-51(52)58)40-32-41(60-48-21-10-7-18-44(48)45-19-8-11-22-49(45)60)34-43(33-40)62-42-26-27-47-46-20-9-12-23-50(46)61(53(47)35-42)54-31-38(28-29-57-54)56(4,5)6/h7-35H,36H2,1-6H3. The summed E-state index contributed by atoms with van der Waals surface area (Å²) >= 11 is 0. The normalized spacial score (nSPS) is 13.2. The summed E-state index contributed by atoms with van der Waals surface area (Å²) < 4.78 is 11.7. The van der Waals surface area contributed by atoms with E-state index >= 15 is 0 Å².